The number of alkyl carbamates (subject to hydrolysis) is 1. The number of carbonyl (C=O) groups is 3. The molecule has 2 aromatic rings. The van der Waals surface area contributed by atoms with E-state index in [1.165, 1.54) is 0 Å². The number of benzene rings is 2. The van der Waals surface area contributed by atoms with Crippen molar-refractivity contribution in [3.63, 3.8) is 0 Å². The number of carboxylic acids is 1. The normalized spacial score (nSPS) is 16.0. The Hall–Kier alpha value is -3.35. The molecular weight excluding hydrogens is 420 g/mol. The summed E-state index contributed by atoms with van der Waals surface area (Å²) in [5.74, 6) is -0.916. The van der Waals surface area contributed by atoms with Crippen LogP contribution in [0.15, 0.2) is 48.5 Å². The van der Waals surface area contributed by atoms with Crippen LogP contribution in [-0.2, 0) is 14.3 Å². The highest BCUT2D eigenvalue weighted by Gasteiger charge is 2.36. The Kier molecular flexibility index (Phi) is 6.67. The van der Waals surface area contributed by atoms with Gasteiger partial charge in [0.25, 0.3) is 0 Å². The third-order valence-corrected chi connectivity index (χ3v) is 6.37. The lowest BCUT2D eigenvalue weighted by Crippen LogP contribution is -2.57. The van der Waals surface area contributed by atoms with Gasteiger partial charge in [-0.05, 0) is 34.6 Å². The zero-order chi connectivity index (χ0) is 23.5. The van der Waals surface area contributed by atoms with Crippen LogP contribution in [0.5, 0.6) is 0 Å². The van der Waals surface area contributed by atoms with Crippen molar-refractivity contribution < 1.29 is 24.2 Å². The first-order valence-electron chi connectivity index (χ1n) is 11.5. The number of nitrogens with one attached hydrogen (secondary N) is 1. The molecule has 2 N–H and O–H groups in total. The van der Waals surface area contributed by atoms with Gasteiger partial charge in [-0.25, -0.2) is 4.79 Å². The van der Waals surface area contributed by atoms with Gasteiger partial charge in [0.15, 0.2) is 0 Å². The molecule has 0 bridgehead atoms. The number of hydrogen-bond donors (Lipinski definition) is 2. The second kappa shape index (κ2) is 9.65. The molecule has 174 valence electrons. The Labute approximate surface area is 193 Å². The quantitative estimate of drug-likeness (QED) is 0.637. The standard InChI is InChI=1S/C26H30N2O5/c1-16(2)11-23(25(31)28-13-17(14-28)12-24(29)30)27-26(32)33-15-22-20-9-5-3-7-18(20)19-8-4-6-10-21(19)22/h3-10,16-17,22-23H,11-15H2,1-2H3,(H,27,32)(H,29,30). The van der Waals surface area contributed by atoms with Crippen LogP contribution in [0.2, 0.25) is 0 Å². The summed E-state index contributed by atoms with van der Waals surface area (Å²) in [5.41, 5.74) is 4.57. The van der Waals surface area contributed by atoms with Crippen molar-refractivity contribution in [3.05, 3.63) is 59.7 Å². The van der Waals surface area contributed by atoms with Crippen LogP contribution in [0.4, 0.5) is 4.79 Å². The minimum absolute atomic E-state index is 0.0272. The molecule has 1 aliphatic heterocycles. The predicted octanol–water partition coefficient (Wildman–Crippen LogP) is 3.87. The fraction of sp³-hybridized carbons (Fsp3) is 0.423. The van der Waals surface area contributed by atoms with Crippen molar-refractivity contribution in [2.24, 2.45) is 11.8 Å². The summed E-state index contributed by atoms with van der Waals surface area (Å²) >= 11 is 0. The maximum atomic E-state index is 12.9. The topological polar surface area (TPSA) is 95.9 Å². The van der Waals surface area contributed by atoms with Gasteiger partial charge in [-0.2, -0.15) is 0 Å². The van der Waals surface area contributed by atoms with Crippen molar-refractivity contribution in [2.45, 2.75) is 38.6 Å². The van der Waals surface area contributed by atoms with E-state index >= 15 is 0 Å². The molecule has 1 fully saturated rings. The Morgan fingerprint density at radius 3 is 2.15 bits per heavy atom. The molecule has 1 aliphatic carbocycles. The predicted molar refractivity (Wildman–Crippen MR) is 124 cm³/mol. The lowest BCUT2D eigenvalue weighted by molar-refractivity contribution is -0.146. The van der Waals surface area contributed by atoms with Crippen molar-refractivity contribution >= 4 is 18.0 Å². The van der Waals surface area contributed by atoms with Crippen LogP contribution < -0.4 is 5.32 Å². The second-order valence-corrected chi connectivity index (χ2v) is 9.36. The van der Waals surface area contributed by atoms with E-state index in [1.807, 2.05) is 38.1 Å². The maximum absolute atomic E-state index is 12.9. The lowest BCUT2D eigenvalue weighted by atomic mass is 9.94. The molecule has 1 saturated heterocycles. The first kappa shape index (κ1) is 22.8. The molecule has 0 saturated carbocycles. The van der Waals surface area contributed by atoms with Gasteiger partial charge >= 0.3 is 12.1 Å². The Balaban J connectivity index is 1.37. The van der Waals surface area contributed by atoms with E-state index in [2.05, 4.69) is 29.6 Å². The van der Waals surface area contributed by atoms with Crippen molar-refractivity contribution in [2.75, 3.05) is 19.7 Å². The van der Waals surface area contributed by atoms with Crippen molar-refractivity contribution in [1.29, 1.82) is 0 Å². The zero-order valence-electron chi connectivity index (χ0n) is 19.0. The Bertz CT molecular complexity index is 999. The third kappa shape index (κ3) is 5.02. The number of aliphatic carboxylic acids is 1. The summed E-state index contributed by atoms with van der Waals surface area (Å²) in [6.45, 7) is 4.98. The fourth-order valence-electron chi connectivity index (χ4n) is 4.82. The summed E-state index contributed by atoms with van der Waals surface area (Å²) in [5, 5.41) is 11.7. The largest absolute Gasteiger partial charge is 0.481 e. The molecule has 0 spiro atoms. The first-order valence-corrected chi connectivity index (χ1v) is 11.5. The van der Waals surface area contributed by atoms with Crippen molar-refractivity contribution in [3.8, 4) is 11.1 Å². The molecule has 2 aromatic carbocycles. The highest BCUT2D eigenvalue weighted by molar-refractivity contribution is 5.86. The molecule has 1 unspecified atom stereocenters. The van der Waals surface area contributed by atoms with Crippen LogP contribution >= 0.6 is 0 Å². The van der Waals surface area contributed by atoms with E-state index in [4.69, 9.17) is 9.84 Å². The number of ether oxygens (including phenoxy) is 1. The van der Waals surface area contributed by atoms with Gasteiger partial charge in [-0.1, -0.05) is 62.4 Å². The number of carbonyl (C=O) groups excluding carboxylic acids is 2. The highest BCUT2D eigenvalue weighted by atomic mass is 16.5. The summed E-state index contributed by atoms with van der Waals surface area (Å²) in [6, 6.07) is 15.6. The van der Waals surface area contributed by atoms with Gasteiger partial charge in [0.2, 0.25) is 5.91 Å². The van der Waals surface area contributed by atoms with Crippen LogP contribution in [0.3, 0.4) is 0 Å². The number of rotatable bonds is 8. The average Bonchev–Trinajstić information content (AvgIpc) is 3.07. The van der Waals surface area contributed by atoms with E-state index in [1.54, 1.807) is 4.90 Å². The minimum atomic E-state index is -0.859. The summed E-state index contributed by atoms with van der Waals surface area (Å²) in [6.07, 6.45) is -0.0693. The van der Waals surface area contributed by atoms with E-state index < -0.39 is 18.1 Å². The van der Waals surface area contributed by atoms with E-state index in [-0.39, 0.29) is 36.7 Å². The minimum Gasteiger partial charge on any atom is -0.481 e. The number of fused-ring (bicyclic) bond motifs is 3. The molecule has 7 nitrogen and oxygen atoms in total. The van der Waals surface area contributed by atoms with Gasteiger partial charge in [-0.15, -0.1) is 0 Å². The first-order chi connectivity index (χ1) is 15.8. The Morgan fingerprint density at radius 2 is 1.61 bits per heavy atom. The number of amides is 2. The lowest BCUT2D eigenvalue weighted by Gasteiger charge is -2.40. The molecule has 1 atom stereocenters. The van der Waals surface area contributed by atoms with E-state index in [0.717, 1.165) is 22.3 Å². The number of nitrogens with zero attached hydrogens (tertiary/aromatic N) is 1. The fourth-order valence-corrected chi connectivity index (χ4v) is 4.82. The summed E-state index contributed by atoms with van der Waals surface area (Å²) < 4.78 is 5.61. The van der Waals surface area contributed by atoms with Gasteiger partial charge < -0.3 is 20.1 Å². The van der Waals surface area contributed by atoms with Gasteiger partial charge in [0, 0.05) is 24.9 Å². The third-order valence-electron chi connectivity index (χ3n) is 6.37. The molecular formula is C26H30N2O5. The van der Waals surface area contributed by atoms with Crippen LogP contribution in [0.1, 0.15) is 43.7 Å². The molecule has 33 heavy (non-hydrogen) atoms. The van der Waals surface area contributed by atoms with Gasteiger partial charge in [0.1, 0.15) is 12.6 Å². The van der Waals surface area contributed by atoms with Gasteiger partial charge in [0.05, 0.1) is 6.42 Å². The molecule has 2 amide bonds. The maximum Gasteiger partial charge on any atom is 0.407 e. The smallest absolute Gasteiger partial charge is 0.407 e. The second-order valence-electron chi connectivity index (χ2n) is 9.36. The SMILES string of the molecule is CC(C)CC(NC(=O)OCC1c2ccccc2-c2ccccc21)C(=O)N1CC(CC(=O)O)C1. The molecule has 7 heteroatoms. The molecule has 2 aliphatic rings. The highest BCUT2D eigenvalue weighted by Crippen LogP contribution is 2.44. The zero-order valence-corrected chi connectivity index (χ0v) is 19.0. The van der Waals surface area contributed by atoms with Crippen molar-refractivity contribution in [1.82, 2.24) is 10.2 Å². The Morgan fingerprint density at radius 1 is 1.03 bits per heavy atom. The number of likely N-dealkylation sites (tertiary alicyclic amines) is 1. The molecule has 1 heterocycles. The van der Waals surface area contributed by atoms with E-state index in [9.17, 15) is 14.4 Å². The molecule has 0 aromatic heterocycles. The van der Waals surface area contributed by atoms with E-state index in [0.29, 0.717) is 19.5 Å². The molecule has 4 rings (SSSR count). The average molecular weight is 451 g/mol. The monoisotopic (exact) mass is 450 g/mol. The van der Waals surface area contributed by atoms with Gasteiger partial charge in [-0.3, -0.25) is 9.59 Å². The van der Waals surface area contributed by atoms with Crippen LogP contribution in [-0.4, -0.2) is 53.7 Å². The molecule has 0 radical (unpaired) electrons. The summed E-state index contributed by atoms with van der Waals surface area (Å²) in [7, 11) is 0. The number of carboxylic acid groups (broad SMARTS) is 1. The van der Waals surface area contributed by atoms with Crippen LogP contribution in [0, 0.1) is 11.8 Å². The number of hydrogen-bond acceptors (Lipinski definition) is 4. The summed E-state index contributed by atoms with van der Waals surface area (Å²) in [4.78, 5) is 38.1. The van der Waals surface area contributed by atoms with Crippen LogP contribution in [0.25, 0.3) is 11.1 Å².